The highest BCUT2D eigenvalue weighted by Crippen LogP contribution is 2.28. The van der Waals surface area contributed by atoms with Crippen molar-refractivity contribution in [2.75, 3.05) is 7.11 Å². The molecule has 0 aromatic heterocycles. The smallest absolute Gasteiger partial charge is 0.495 e. The number of hydrogen-bond donors (Lipinski definition) is 0. The Bertz CT molecular complexity index is 387. The Labute approximate surface area is 93.7 Å². The normalized spacial score (nSPS) is 9.81. The van der Waals surface area contributed by atoms with Gasteiger partial charge in [-0.1, -0.05) is 11.6 Å². The lowest BCUT2D eigenvalue weighted by Crippen LogP contribution is -2.02. The van der Waals surface area contributed by atoms with Crippen molar-refractivity contribution in [1.29, 1.82) is 5.39 Å². The number of halogens is 5. The molecule has 0 saturated heterocycles. The topological polar surface area (TPSA) is 37.4 Å². The predicted molar refractivity (Wildman–Crippen MR) is 52.9 cm³/mol. The lowest BCUT2D eigenvalue weighted by molar-refractivity contribution is 0.368. The van der Waals surface area contributed by atoms with Crippen molar-refractivity contribution in [2.24, 2.45) is 0 Å². The van der Waals surface area contributed by atoms with Crippen molar-refractivity contribution in [3.63, 3.8) is 0 Å². The van der Waals surface area contributed by atoms with Crippen molar-refractivity contribution in [3.8, 4) is 5.75 Å². The van der Waals surface area contributed by atoms with Crippen molar-refractivity contribution in [3.05, 3.63) is 28.2 Å². The molecule has 0 atom stereocenters. The fraction of sp³-hybridized carbons (Fsp3) is 0.143. The minimum atomic E-state index is -6.00. The van der Waals surface area contributed by atoms with Gasteiger partial charge in [-0.15, -0.1) is 0 Å². The Morgan fingerprint density at radius 2 is 1.81 bits per heavy atom. The molecule has 0 radical (unpaired) electrons. The van der Waals surface area contributed by atoms with Gasteiger partial charge in [-0.2, -0.15) is 0 Å². The van der Waals surface area contributed by atoms with Gasteiger partial charge in [-0.05, 0) is 6.07 Å². The summed E-state index contributed by atoms with van der Waals surface area (Å²) in [4.78, 5) is 2.98. The second kappa shape index (κ2) is 6.17. The summed E-state index contributed by atoms with van der Waals surface area (Å²) < 4.78 is 43.9. The van der Waals surface area contributed by atoms with Crippen LogP contribution in [0.3, 0.4) is 0 Å². The lowest BCUT2D eigenvalue weighted by Gasteiger charge is -1.97. The number of hydrogen-bond acceptors (Lipinski definition) is 2. The van der Waals surface area contributed by atoms with E-state index in [1.165, 1.54) is 7.11 Å². The zero-order valence-corrected chi connectivity index (χ0v) is 8.76. The first kappa shape index (κ1) is 14.5. The van der Waals surface area contributed by atoms with Crippen LogP contribution in [0.1, 0.15) is 0 Å². The van der Waals surface area contributed by atoms with E-state index in [4.69, 9.17) is 21.7 Å². The Morgan fingerprint density at radius 3 is 2.19 bits per heavy atom. The highest BCUT2D eigenvalue weighted by Gasteiger charge is 2.20. The van der Waals surface area contributed by atoms with Crippen LogP contribution < -0.4 is 4.74 Å². The molecule has 0 bridgehead atoms. The van der Waals surface area contributed by atoms with E-state index in [2.05, 4.69) is 4.98 Å². The molecular formula is C7H6BClF4N2O. The van der Waals surface area contributed by atoms with Gasteiger partial charge >= 0.3 is 12.9 Å². The Balaban J connectivity index is 0.000000385. The van der Waals surface area contributed by atoms with Crippen molar-refractivity contribution in [2.45, 2.75) is 0 Å². The van der Waals surface area contributed by atoms with E-state index in [1.54, 1.807) is 18.2 Å². The molecule has 1 aromatic carbocycles. The van der Waals surface area contributed by atoms with Gasteiger partial charge < -0.3 is 22.0 Å². The minimum Gasteiger partial charge on any atom is -0.495 e. The fourth-order valence-corrected chi connectivity index (χ4v) is 0.905. The second-order valence-electron chi connectivity index (χ2n) is 2.41. The summed E-state index contributed by atoms with van der Waals surface area (Å²) in [5, 5.41) is 8.87. The zero-order chi connectivity index (χ0) is 12.8. The number of diazo groups is 1. The molecule has 9 heteroatoms. The second-order valence-corrected chi connectivity index (χ2v) is 2.82. The molecule has 0 aliphatic carbocycles. The van der Waals surface area contributed by atoms with Crippen molar-refractivity contribution >= 4 is 24.5 Å². The summed E-state index contributed by atoms with van der Waals surface area (Å²) in [6, 6.07) is 4.74. The van der Waals surface area contributed by atoms with E-state index in [0.29, 0.717) is 16.5 Å². The number of ether oxygens (including phenoxy) is 1. The van der Waals surface area contributed by atoms with Crippen LogP contribution in [0.15, 0.2) is 18.2 Å². The first-order valence-electron chi connectivity index (χ1n) is 3.84. The van der Waals surface area contributed by atoms with Crippen molar-refractivity contribution in [1.82, 2.24) is 0 Å². The van der Waals surface area contributed by atoms with Gasteiger partial charge in [-0.3, -0.25) is 0 Å². The third-order valence-corrected chi connectivity index (χ3v) is 1.56. The van der Waals surface area contributed by atoms with E-state index in [-0.39, 0.29) is 0 Å². The van der Waals surface area contributed by atoms with Crippen LogP contribution in [0.25, 0.3) is 4.98 Å². The van der Waals surface area contributed by atoms with Crippen molar-refractivity contribution < 1.29 is 22.0 Å². The maximum atomic E-state index is 9.75. The lowest BCUT2D eigenvalue weighted by atomic mass is 10.3. The minimum absolute atomic E-state index is 0.422. The molecule has 0 fully saturated rings. The fourth-order valence-electron chi connectivity index (χ4n) is 0.711. The first-order valence-corrected chi connectivity index (χ1v) is 4.21. The molecule has 0 heterocycles. The maximum Gasteiger partial charge on any atom is 0.673 e. The van der Waals surface area contributed by atoms with Crippen LogP contribution in [-0.2, 0) is 0 Å². The zero-order valence-electron chi connectivity index (χ0n) is 8.00. The molecule has 0 spiro atoms. The average molecular weight is 256 g/mol. The van der Waals surface area contributed by atoms with Gasteiger partial charge in [0, 0.05) is 6.07 Å². The first-order chi connectivity index (χ1) is 7.27. The van der Waals surface area contributed by atoms with Gasteiger partial charge in [0.05, 0.1) is 18.2 Å². The highest BCUT2D eigenvalue weighted by molar-refractivity contribution is 6.50. The third-order valence-electron chi connectivity index (χ3n) is 1.25. The summed E-state index contributed by atoms with van der Waals surface area (Å²) >= 11 is 5.71. The quantitative estimate of drug-likeness (QED) is 0.430. The molecule has 0 N–H and O–H groups in total. The standard InChI is InChI=1S/C7H6ClN2O.BF4/c1-11-7-4-5(10-9)2-3-6(7)8;2-1(3,4)5/h2-4H,1H3;/q+1;-1. The van der Waals surface area contributed by atoms with Crippen LogP contribution >= 0.6 is 11.6 Å². The van der Waals surface area contributed by atoms with Gasteiger partial charge in [0.15, 0.2) is 4.98 Å². The number of rotatable bonds is 1. The van der Waals surface area contributed by atoms with Gasteiger partial charge in [0.25, 0.3) is 0 Å². The molecule has 3 nitrogen and oxygen atoms in total. The van der Waals surface area contributed by atoms with E-state index in [9.17, 15) is 17.3 Å². The Hall–Kier alpha value is -1.49. The van der Waals surface area contributed by atoms with E-state index in [0.717, 1.165) is 0 Å². The van der Waals surface area contributed by atoms with E-state index in [1.807, 2.05) is 0 Å². The molecule has 1 aromatic rings. The maximum absolute atomic E-state index is 9.75. The summed E-state index contributed by atoms with van der Waals surface area (Å²) in [6.07, 6.45) is 0. The molecule has 0 aliphatic heterocycles. The largest absolute Gasteiger partial charge is 0.673 e. The Morgan fingerprint density at radius 1 is 1.31 bits per heavy atom. The number of benzene rings is 1. The molecule has 0 amide bonds. The van der Waals surface area contributed by atoms with Gasteiger partial charge in [0.2, 0.25) is 5.39 Å². The van der Waals surface area contributed by atoms with Crippen LogP contribution in [-0.4, -0.2) is 14.4 Å². The summed E-state index contributed by atoms with van der Waals surface area (Å²) in [7, 11) is -4.50. The summed E-state index contributed by atoms with van der Waals surface area (Å²) in [5.41, 5.74) is 0.422. The van der Waals surface area contributed by atoms with Crippen LogP contribution in [0.5, 0.6) is 5.75 Å². The predicted octanol–water partition coefficient (Wildman–Crippen LogP) is 4.13. The van der Waals surface area contributed by atoms with Crippen LogP contribution in [0, 0.1) is 5.39 Å². The Kier molecular flexibility index (Phi) is 5.60. The van der Waals surface area contributed by atoms with Gasteiger partial charge in [-0.25, -0.2) is 0 Å². The SMILES string of the molecule is COc1cc([N+]#N)ccc1Cl.F[B-](F)(F)F. The monoisotopic (exact) mass is 256 g/mol. The van der Waals surface area contributed by atoms with E-state index >= 15 is 0 Å². The molecular weight excluding hydrogens is 250 g/mol. The van der Waals surface area contributed by atoms with E-state index < -0.39 is 7.25 Å². The molecule has 0 aliphatic rings. The summed E-state index contributed by atoms with van der Waals surface area (Å²) in [5.74, 6) is 0.502. The molecule has 0 saturated carbocycles. The number of methoxy groups -OCH3 is 1. The van der Waals surface area contributed by atoms with Crippen LogP contribution in [0.4, 0.5) is 23.0 Å². The average Bonchev–Trinajstić information content (AvgIpc) is 2.16. The third kappa shape index (κ3) is 6.89. The van der Waals surface area contributed by atoms with Crippen LogP contribution in [0.2, 0.25) is 5.02 Å². The molecule has 0 unspecified atom stereocenters. The summed E-state index contributed by atoms with van der Waals surface area (Å²) in [6.45, 7) is 0. The molecule has 88 valence electrons. The number of nitrogens with zero attached hydrogens (tertiary/aromatic N) is 2. The van der Waals surface area contributed by atoms with Gasteiger partial charge in [0.1, 0.15) is 5.75 Å². The highest BCUT2D eigenvalue weighted by atomic mass is 35.5. The molecule has 1 rings (SSSR count). The molecule has 16 heavy (non-hydrogen) atoms.